The lowest BCUT2D eigenvalue weighted by Crippen LogP contribution is -2.38. The first-order chi connectivity index (χ1) is 8.88. The number of nitrogens with two attached hydrogens (primary N) is 1. The molecule has 1 aromatic rings. The number of anilines is 1. The van der Waals surface area contributed by atoms with Crippen LogP contribution in [0.25, 0.3) is 0 Å². The monoisotopic (exact) mass is 348 g/mol. The van der Waals surface area contributed by atoms with Crippen molar-refractivity contribution in [1.29, 1.82) is 0 Å². The summed E-state index contributed by atoms with van der Waals surface area (Å²) in [6.07, 6.45) is 2.29. The molecular formula is C12H17BrN2O3S. The summed E-state index contributed by atoms with van der Waals surface area (Å²) in [5.41, 5.74) is 6.09. The van der Waals surface area contributed by atoms with E-state index in [9.17, 15) is 13.5 Å². The number of hydrogen-bond donors (Lipinski definition) is 3. The molecule has 0 heterocycles. The molecule has 106 valence electrons. The number of aliphatic hydroxyl groups excluding tert-OH is 1. The van der Waals surface area contributed by atoms with E-state index in [0.29, 0.717) is 35.8 Å². The van der Waals surface area contributed by atoms with Gasteiger partial charge in [-0.1, -0.05) is 0 Å². The number of benzene rings is 1. The minimum absolute atomic E-state index is 0.113. The topological polar surface area (TPSA) is 92.4 Å². The molecule has 1 fully saturated rings. The summed E-state index contributed by atoms with van der Waals surface area (Å²) in [7, 11) is -3.55. The van der Waals surface area contributed by atoms with Gasteiger partial charge in [0.05, 0.1) is 11.0 Å². The summed E-state index contributed by atoms with van der Waals surface area (Å²) in [5, 5.41) is 9.41. The molecule has 0 aromatic heterocycles. The van der Waals surface area contributed by atoms with Crippen LogP contribution in [0.1, 0.15) is 25.7 Å². The third-order valence-electron chi connectivity index (χ3n) is 3.30. The van der Waals surface area contributed by atoms with E-state index in [1.165, 1.54) is 12.1 Å². The highest BCUT2D eigenvalue weighted by atomic mass is 79.9. The fraction of sp³-hybridized carbons (Fsp3) is 0.500. The molecule has 5 nitrogen and oxygen atoms in total. The highest BCUT2D eigenvalue weighted by Crippen LogP contribution is 2.24. The molecule has 0 radical (unpaired) electrons. The van der Waals surface area contributed by atoms with Crippen LogP contribution in [0.2, 0.25) is 0 Å². The Labute approximate surface area is 121 Å². The van der Waals surface area contributed by atoms with Crippen LogP contribution in [0.3, 0.4) is 0 Å². The second-order valence-corrected chi connectivity index (χ2v) is 7.38. The Balaban J connectivity index is 2.11. The minimum atomic E-state index is -3.55. The van der Waals surface area contributed by atoms with Crippen molar-refractivity contribution in [2.75, 3.05) is 5.73 Å². The van der Waals surface area contributed by atoms with E-state index in [-0.39, 0.29) is 17.0 Å². The minimum Gasteiger partial charge on any atom is -0.398 e. The molecule has 0 saturated heterocycles. The maximum absolute atomic E-state index is 12.2. The van der Waals surface area contributed by atoms with Crippen LogP contribution in [0, 0.1) is 0 Å². The molecule has 7 heteroatoms. The predicted octanol–water partition coefficient (Wildman–Crippen LogP) is 1.61. The van der Waals surface area contributed by atoms with Crippen molar-refractivity contribution in [3.63, 3.8) is 0 Å². The molecule has 19 heavy (non-hydrogen) atoms. The van der Waals surface area contributed by atoms with Gasteiger partial charge in [-0.3, -0.25) is 0 Å². The van der Waals surface area contributed by atoms with Crippen LogP contribution in [-0.2, 0) is 10.0 Å². The van der Waals surface area contributed by atoms with Gasteiger partial charge in [0.1, 0.15) is 0 Å². The third-order valence-corrected chi connectivity index (χ3v) is 5.54. The van der Waals surface area contributed by atoms with Gasteiger partial charge in [-0.15, -0.1) is 0 Å². The Morgan fingerprint density at radius 3 is 2.47 bits per heavy atom. The van der Waals surface area contributed by atoms with Crippen LogP contribution >= 0.6 is 15.9 Å². The Bertz CT molecular complexity index is 554. The Morgan fingerprint density at radius 1 is 1.26 bits per heavy atom. The summed E-state index contributed by atoms with van der Waals surface area (Å²) in [4.78, 5) is 0.166. The summed E-state index contributed by atoms with van der Waals surface area (Å²) in [6.45, 7) is 0. The summed E-state index contributed by atoms with van der Waals surface area (Å²) >= 11 is 3.23. The number of nitrogens with one attached hydrogen (secondary N) is 1. The van der Waals surface area contributed by atoms with E-state index in [2.05, 4.69) is 20.7 Å². The zero-order valence-corrected chi connectivity index (χ0v) is 12.7. The lowest BCUT2D eigenvalue weighted by Gasteiger charge is -2.26. The molecule has 0 aliphatic heterocycles. The van der Waals surface area contributed by atoms with Gasteiger partial charge in [-0.2, -0.15) is 0 Å². The van der Waals surface area contributed by atoms with Gasteiger partial charge in [0.25, 0.3) is 0 Å². The van der Waals surface area contributed by atoms with E-state index in [1.807, 2.05) is 0 Å². The molecule has 0 atom stereocenters. The van der Waals surface area contributed by atoms with Gasteiger partial charge < -0.3 is 10.8 Å². The van der Waals surface area contributed by atoms with Gasteiger partial charge in [0.2, 0.25) is 10.0 Å². The Kier molecular flexibility index (Phi) is 4.50. The first-order valence-corrected chi connectivity index (χ1v) is 8.41. The first kappa shape index (κ1) is 14.8. The van der Waals surface area contributed by atoms with E-state index in [0.717, 1.165) is 0 Å². The number of sulfonamides is 1. The molecule has 0 unspecified atom stereocenters. The number of nitrogen functional groups attached to an aromatic ring is 1. The Morgan fingerprint density at radius 2 is 1.89 bits per heavy atom. The molecule has 1 saturated carbocycles. The predicted molar refractivity (Wildman–Crippen MR) is 77.1 cm³/mol. The zero-order chi connectivity index (χ0) is 14.0. The maximum Gasteiger partial charge on any atom is 0.240 e. The molecule has 0 spiro atoms. The standard InChI is InChI=1S/C12H17BrN2O3S/c13-11-6-5-10(7-12(11)14)19(17,18)15-8-1-3-9(16)4-2-8/h5-9,15-16H,1-4,14H2. The number of aliphatic hydroxyl groups is 1. The van der Waals surface area contributed by atoms with Crippen molar-refractivity contribution in [2.45, 2.75) is 42.7 Å². The fourth-order valence-electron chi connectivity index (χ4n) is 2.17. The van der Waals surface area contributed by atoms with Crippen molar-refractivity contribution < 1.29 is 13.5 Å². The lowest BCUT2D eigenvalue weighted by atomic mass is 9.94. The molecule has 1 aliphatic rings. The maximum atomic E-state index is 12.2. The zero-order valence-electron chi connectivity index (χ0n) is 10.3. The normalized spacial score (nSPS) is 24.3. The Hall–Kier alpha value is -0.630. The smallest absolute Gasteiger partial charge is 0.240 e. The largest absolute Gasteiger partial charge is 0.398 e. The molecule has 0 amide bonds. The summed E-state index contributed by atoms with van der Waals surface area (Å²) in [5.74, 6) is 0. The summed E-state index contributed by atoms with van der Waals surface area (Å²) < 4.78 is 27.7. The van der Waals surface area contributed by atoms with Gasteiger partial charge in [0, 0.05) is 16.2 Å². The van der Waals surface area contributed by atoms with Crippen LogP contribution in [-0.4, -0.2) is 25.7 Å². The van der Waals surface area contributed by atoms with E-state index < -0.39 is 10.0 Å². The van der Waals surface area contributed by atoms with Gasteiger partial charge in [0.15, 0.2) is 0 Å². The van der Waals surface area contributed by atoms with Gasteiger partial charge >= 0.3 is 0 Å². The highest BCUT2D eigenvalue weighted by Gasteiger charge is 2.25. The van der Waals surface area contributed by atoms with Gasteiger partial charge in [-0.25, -0.2) is 13.1 Å². The van der Waals surface area contributed by atoms with Crippen molar-refractivity contribution in [3.05, 3.63) is 22.7 Å². The highest BCUT2D eigenvalue weighted by molar-refractivity contribution is 9.10. The average molecular weight is 349 g/mol. The first-order valence-electron chi connectivity index (χ1n) is 6.14. The number of halogens is 1. The van der Waals surface area contributed by atoms with Crippen LogP contribution in [0.5, 0.6) is 0 Å². The molecule has 1 aliphatic carbocycles. The third kappa shape index (κ3) is 3.68. The van der Waals surface area contributed by atoms with E-state index in [1.54, 1.807) is 6.07 Å². The molecule has 4 N–H and O–H groups in total. The summed E-state index contributed by atoms with van der Waals surface area (Å²) in [6, 6.07) is 4.46. The average Bonchev–Trinajstić information content (AvgIpc) is 2.35. The molecular weight excluding hydrogens is 332 g/mol. The second kappa shape index (κ2) is 5.78. The van der Waals surface area contributed by atoms with Crippen LogP contribution < -0.4 is 10.5 Å². The van der Waals surface area contributed by atoms with Crippen LogP contribution in [0.15, 0.2) is 27.6 Å². The SMILES string of the molecule is Nc1cc(S(=O)(=O)NC2CCC(O)CC2)ccc1Br. The van der Waals surface area contributed by atoms with Crippen molar-refractivity contribution >= 4 is 31.6 Å². The lowest BCUT2D eigenvalue weighted by molar-refractivity contribution is 0.120. The van der Waals surface area contributed by atoms with Gasteiger partial charge in [-0.05, 0) is 59.8 Å². The molecule has 0 bridgehead atoms. The van der Waals surface area contributed by atoms with Crippen molar-refractivity contribution in [2.24, 2.45) is 0 Å². The number of rotatable bonds is 3. The quantitative estimate of drug-likeness (QED) is 0.723. The second-order valence-electron chi connectivity index (χ2n) is 4.81. The fourth-order valence-corrected chi connectivity index (χ4v) is 3.76. The van der Waals surface area contributed by atoms with E-state index in [4.69, 9.17) is 5.73 Å². The molecule has 2 rings (SSSR count). The molecule has 1 aromatic carbocycles. The number of hydrogen-bond acceptors (Lipinski definition) is 4. The van der Waals surface area contributed by atoms with Crippen molar-refractivity contribution in [3.8, 4) is 0 Å². The van der Waals surface area contributed by atoms with E-state index >= 15 is 0 Å². The van der Waals surface area contributed by atoms with Crippen molar-refractivity contribution in [1.82, 2.24) is 4.72 Å². The van der Waals surface area contributed by atoms with Crippen LogP contribution in [0.4, 0.5) is 5.69 Å².